The van der Waals surface area contributed by atoms with E-state index in [-0.39, 0.29) is 5.56 Å². The summed E-state index contributed by atoms with van der Waals surface area (Å²) in [6.07, 6.45) is 0.0278. The van der Waals surface area contributed by atoms with Gasteiger partial charge in [-0.25, -0.2) is 8.78 Å². The largest absolute Gasteiger partial charge is 0.386 e. The summed E-state index contributed by atoms with van der Waals surface area (Å²) in [5.74, 6) is -1.15. The van der Waals surface area contributed by atoms with Gasteiger partial charge in [-0.2, -0.15) is 0 Å². The van der Waals surface area contributed by atoms with Crippen LogP contribution in [0.5, 0.6) is 0 Å². The summed E-state index contributed by atoms with van der Waals surface area (Å²) in [4.78, 5) is 0. The number of aliphatic hydroxyl groups is 1. The molecule has 15 heavy (non-hydrogen) atoms. The monoisotopic (exact) mass is 214 g/mol. The van der Waals surface area contributed by atoms with Crippen LogP contribution in [0.2, 0.25) is 0 Å². The molecule has 0 saturated carbocycles. The van der Waals surface area contributed by atoms with E-state index in [4.69, 9.17) is 4.74 Å². The molecule has 0 aromatic heterocycles. The van der Waals surface area contributed by atoms with E-state index in [1.165, 1.54) is 0 Å². The number of benzene rings is 1. The van der Waals surface area contributed by atoms with Crippen LogP contribution in [0, 0.1) is 11.6 Å². The number of aliphatic hydroxyl groups excluding tert-OH is 1. The normalized spacial score (nSPS) is 23.0. The van der Waals surface area contributed by atoms with Crippen LogP contribution in [0.4, 0.5) is 8.78 Å². The van der Waals surface area contributed by atoms with E-state index in [0.717, 1.165) is 24.6 Å². The Hall–Kier alpha value is -1.00. The highest BCUT2D eigenvalue weighted by Gasteiger charge is 2.27. The summed E-state index contributed by atoms with van der Waals surface area (Å²) in [6.45, 7) is 0.568. The Kier molecular flexibility index (Phi) is 2.98. The van der Waals surface area contributed by atoms with E-state index in [1.807, 2.05) is 0 Å². The van der Waals surface area contributed by atoms with Crippen molar-refractivity contribution in [2.75, 3.05) is 6.61 Å². The van der Waals surface area contributed by atoms with Gasteiger partial charge in [0.15, 0.2) is 0 Å². The van der Waals surface area contributed by atoms with Crippen molar-refractivity contribution in [2.24, 2.45) is 0 Å². The van der Waals surface area contributed by atoms with Crippen LogP contribution in [0.1, 0.15) is 24.5 Å². The van der Waals surface area contributed by atoms with Gasteiger partial charge in [0, 0.05) is 12.2 Å². The zero-order valence-corrected chi connectivity index (χ0v) is 8.12. The third kappa shape index (κ3) is 2.16. The molecule has 82 valence electrons. The minimum Gasteiger partial charge on any atom is -0.386 e. The molecule has 2 rings (SSSR count). The molecule has 4 heteroatoms. The molecule has 2 nitrogen and oxygen atoms in total. The van der Waals surface area contributed by atoms with Gasteiger partial charge in [-0.3, -0.25) is 0 Å². The summed E-state index contributed by atoms with van der Waals surface area (Å²) < 4.78 is 31.4. The quantitative estimate of drug-likeness (QED) is 0.817. The van der Waals surface area contributed by atoms with Crippen LogP contribution in [-0.4, -0.2) is 17.8 Å². The summed E-state index contributed by atoms with van der Waals surface area (Å²) in [6, 6.07) is 3.06. The predicted molar refractivity (Wildman–Crippen MR) is 50.3 cm³/mol. The van der Waals surface area contributed by atoms with Gasteiger partial charge in [0.25, 0.3) is 0 Å². The molecule has 2 atom stereocenters. The van der Waals surface area contributed by atoms with Gasteiger partial charge < -0.3 is 9.84 Å². The number of halogens is 2. The van der Waals surface area contributed by atoms with Crippen molar-refractivity contribution in [3.8, 4) is 0 Å². The molecular formula is C11H12F2O2. The molecular weight excluding hydrogens is 202 g/mol. The van der Waals surface area contributed by atoms with Gasteiger partial charge in [-0.1, -0.05) is 0 Å². The molecule has 0 amide bonds. The molecule has 0 radical (unpaired) electrons. The van der Waals surface area contributed by atoms with Gasteiger partial charge in [-0.15, -0.1) is 0 Å². The van der Waals surface area contributed by atoms with Gasteiger partial charge in [0.05, 0.1) is 6.10 Å². The highest BCUT2D eigenvalue weighted by atomic mass is 19.1. The molecule has 1 aliphatic heterocycles. The lowest BCUT2D eigenvalue weighted by Crippen LogP contribution is -2.18. The second-order valence-electron chi connectivity index (χ2n) is 3.66. The maximum absolute atomic E-state index is 13.3. The van der Waals surface area contributed by atoms with Crippen LogP contribution in [0.15, 0.2) is 18.2 Å². The molecule has 1 aromatic carbocycles. The van der Waals surface area contributed by atoms with Crippen molar-refractivity contribution in [2.45, 2.75) is 25.0 Å². The van der Waals surface area contributed by atoms with Crippen molar-refractivity contribution < 1.29 is 18.6 Å². The summed E-state index contributed by atoms with van der Waals surface area (Å²) >= 11 is 0. The molecule has 0 spiro atoms. The van der Waals surface area contributed by atoms with E-state index < -0.39 is 23.8 Å². The first-order chi connectivity index (χ1) is 7.18. The molecule has 1 saturated heterocycles. The Bertz CT molecular complexity index is 348. The van der Waals surface area contributed by atoms with Gasteiger partial charge >= 0.3 is 0 Å². The van der Waals surface area contributed by atoms with Gasteiger partial charge in [0.1, 0.15) is 17.7 Å². The lowest BCUT2D eigenvalue weighted by Gasteiger charge is -2.18. The van der Waals surface area contributed by atoms with Crippen molar-refractivity contribution >= 4 is 0 Å². The SMILES string of the molecule is OC(c1cc(F)ccc1F)C1CCCO1. The molecule has 1 aliphatic rings. The summed E-state index contributed by atoms with van der Waals surface area (Å²) in [7, 11) is 0. The summed E-state index contributed by atoms with van der Waals surface area (Å²) in [5, 5.41) is 9.79. The van der Waals surface area contributed by atoms with Crippen molar-refractivity contribution in [1.29, 1.82) is 0 Å². The Morgan fingerprint density at radius 2 is 2.20 bits per heavy atom. The van der Waals surface area contributed by atoms with Crippen LogP contribution < -0.4 is 0 Å². The number of ether oxygens (including phenoxy) is 1. The van der Waals surface area contributed by atoms with Crippen LogP contribution in [0.25, 0.3) is 0 Å². The van der Waals surface area contributed by atoms with Gasteiger partial charge in [-0.05, 0) is 31.0 Å². The molecule has 1 heterocycles. The van der Waals surface area contributed by atoms with E-state index >= 15 is 0 Å². The third-order valence-corrected chi connectivity index (χ3v) is 2.59. The van der Waals surface area contributed by atoms with E-state index in [9.17, 15) is 13.9 Å². The van der Waals surface area contributed by atoms with E-state index in [0.29, 0.717) is 13.0 Å². The zero-order valence-electron chi connectivity index (χ0n) is 8.12. The third-order valence-electron chi connectivity index (χ3n) is 2.59. The smallest absolute Gasteiger partial charge is 0.129 e. The number of hydrogen-bond donors (Lipinski definition) is 1. The maximum atomic E-state index is 13.3. The highest BCUT2D eigenvalue weighted by molar-refractivity contribution is 5.22. The Morgan fingerprint density at radius 1 is 1.40 bits per heavy atom. The number of rotatable bonds is 2. The topological polar surface area (TPSA) is 29.5 Å². The average Bonchev–Trinajstić information content (AvgIpc) is 2.74. The van der Waals surface area contributed by atoms with Gasteiger partial charge in [0.2, 0.25) is 0 Å². The van der Waals surface area contributed by atoms with Crippen LogP contribution >= 0.6 is 0 Å². The Balaban J connectivity index is 2.23. The summed E-state index contributed by atoms with van der Waals surface area (Å²) in [5.41, 5.74) is -0.0260. The second-order valence-corrected chi connectivity index (χ2v) is 3.66. The first-order valence-corrected chi connectivity index (χ1v) is 4.93. The van der Waals surface area contributed by atoms with Crippen molar-refractivity contribution in [1.82, 2.24) is 0 Å². The van der Waals surface area contributed by atoms with Crippen molar-refractivity contribution in [3.05, 3.63) is 35.4 Å². The predicted octanol–water partition coefficient (Wildman–Crippen LogP) is 2.18. The first-order valence-electron chi connectivity index (χ1n) is 4.93. The lowest BCUT2D eigenvalue weighted by molar-refractivity contribution is -0.00440. The van der Waals surface area contributed by atoms with Crippen molar-refractivity contribution in [3.63, 3.8) is 0 Å². The number of hydrogen-bond acceptors (Lipinski definition) is 2. The average molecular weight is 214 g/mol. The molecule has 2 unspecified atom stereocenters. The minimum absolute atomic E-state index is 0.0260. The second kappa shape index (κ2) is 4.24. The molecule has 1 N–H and O–H groups in total. The minimum atomic E-state index is -1.08. The maximum Gasteiger partial charge on any atom is 0.129 e. The highest BCUT2D eigenvalue weighted by Crippen LogP contribution is 2.28. The Labute approximate surface area is 86.5 Å². The van der Waals surface area contributed by atoms with E-state index in [2.05, 4.69) is 0 Å². The Morgan fingerprint density at radius 3 is 2.87 bits per heavy atom. The zero-order chi connectivity index (χ0) is 10.8. The molecule has 1 fully saturated rings. The molecule has 0 bridgehead atoms. The molecule has 1 aromatic rings. The standard InChI is InChI=1S/C11H12F2O2/c12-7-3-4-9(13)8(6-7)11(14)10-2-1-5-15-10/h3-4,6,10-11,14H,1-2,5H2. The first kappa shape index (κ1) is 10.5. The fourth-order valence-electron chi connectivity index (χ4n) is 1.79. The fraction of sp³-hybridized carbons (Fsp3) is 0.455. The lowest BCUT2D eigenvalue weighted by atomic mass is 10.0. The fourth-order valence-corrected chi connectivity index (χ4v) is 1.79. The molecule has 0 aliphatic carbocycles. The van der Waals surface area contributed by atoms with Crippen LogP contribution in [-0.2, 0) is 4.74 Å². The van der Waals surface area contributed by atoms with Crippen LogP contribution in [0.3, 0.4) is 0 Å². The van der Waals surface area contributed by atoms with E-state index in [1.54, 1.807) is 0 Å².